The molecule has 0 rings (SSSR count). The van der Waals surface area contributed by atoms with Crippen LogP contribution in [0.5, 0.6) is 0 Å². The summed E-state index contributed by atoms with van der Waals surface area (Å²) in [5.74, 6) is -0.521. The number of allylic oxidation sites excluding steroid dienone is 10. The Morgan fingerprint density at radius 1 is 0.455 bits per heavy atom. The zero-order valence-corrected chi connectivity index (χ0v) is 43.8. The van der Waals surface area contributed by atoms with Gasteiger partial charge in [0.25, 0.3) is 0 Å². The molecule has 0 radical (unpaired) electrons. The maximum absolute atomic E-state index is 13.3. The van der Waals surface area contributed by atoms with Crippen LogP contribution >= 0.6 is 0 Å². The zero-order chi connectivity index (χ0) is 48.1. The van der Waals surface area contributed by atoms with Gasteiger partial charge in [-0.05, 0) is 89.9 Å². The van der Waals surface area contributed by atoms with E-state index in [0.717, 1.165) is 96.3 Å². The molecule has 3 atom stereocenters. The largest absolute Gasteiger partial charge is 0.462 e. The van der Waals surface area contributed by atoms with Gasteiger partial charge in [0.15, 0.2) is 0 Å². The quantitative estimate of drug-likeness (QED) is 0.0244. The minimum atomic E-state index is -0.801. The van der Waals surface area contributed by atoms with Crippen molar-refractivity contribution in [2.24, 2.45) is 0 Å². The third kappa shape index (κ3) is 48.0. The topological polar surface area (TPSA) is 95.9 Å². The van der Waals surface area contributed by atoms with Crippen molar-refractivity contribution in [1.29, 1.82) is 0 Å². The Morgan fingerprint density at radius 2 is 0.818 bits per heavy atom. The fourth-order valence-electron chi connectivity index (χ4n) is 8.49. The summed E-state index contributed by atoms with van der Waals surface area (Å²) in [6, 6.07) is -0.717. The lowest BCUT2D eigenvalue weighted by Crippen LogP contribution is -2.46. The van der Waals surface area contributed by atoms with Crippen LogP contribution in [0.25, 0.3) is 0 Å². The summed E-state index contributed by atoms with van der Waals surface area (Å²) in [6.45, 7) is 6.46. The number of rotatable bonds is 51. The molecular formula is C60H109NO5. The first-order valence-electron chi connectivity index (χ1n) is 28.5. The summed E-state index contributed by atoms with van der Waals surface area (Å²) in [5, 5.41) is 23.9. The summed E-state index contributed by atoms with van der Waals surface area (Å²) < 4.78 is 5.94. The number of aliphatic hydroxyl groups excluding tert-OH is 2. The maximum atomic E-state index is 13.3. The molecule has 384 valence electrons. The SMILES string of the molecule is CCCCC/C=C\C/C=C\C/C=C\CCCCCCC(CC(=O)NC(CO)C(O)CCCCCCCCCCCCCCCC)OC(=O)CCCCC/C=C/C=C/CCCCCCCCC. The lowest BCUT2D eigenvalue weighted by Gasteiger charge is -2.24. The second kappa shape index (κ2) is 53.5. The average Bonchev–Trinajstić information content (AvgIpc) is 3.31. The van der Waals surface area contributed by atoms with E-state index in [-0.39, 0.29) is 24.9 Å². The van der Waals surface area contributed by atoms with E-state index in [2.05, 4.69) is 86.8 Å². The van der Waals surface area contributed by atoms with Crippen LogP contribution in [0.15, 0.2) is 60.8 Å². The van der Waals surface area contributed by atoms with Crippen LogP contribution < -0.4 is 5.32 Å². The van der Waals surface area contributed by atoms with Gasteiger partial charge in [0.2, 0.25) is 5.91 Å². The van der Waals surface area contributed by atoms with Gasteiger partial charge in [-0.15, -0.1) is 0 Å². The van der Waals surface area contributed by atoms with Crippen LogP contribution in [-0.2, 0) is 14.3 Å². The molecule has 0 aliphatic carbocycles. The summed E-state index contributed by atoms with van der Waals surface area (Å²) >= 11 is 0. The van der Waals surface area contributed by atoms with Gasteiger partial charge in [0.1, 0.15) is 6.10 Å². The van der Waals surface area contributed by atoms with E-state index < -0.39 is 18.2 Å². The number of carbonyl (C=O) groups is 2. The Hall–Kier alpha value is -2.44. The number of hydrogen-bond acceptors (Lipinski definition) is 5. The van der Waals surface area contributed by atoms with E-state index in [0.29, 0.717) is 19.3 Å². The molecule has 0 fully saturated rings. The lowest BCUT2D eigenvalue weighted by atomic mass is 10.0. The van der Waals surface area contributed by atoms with Crippen molar-refractivity contribution in [2.45, 2.75) is 302 Å². The van der Waals surface area contributed by atoms with Crippen molar-refractivity contribution in [3.05, 3.63) is 60.8 Å². The van der Waals surface area contributed by atoms with E-state index in [9.17, 15) is 19.8 Å². The van der Waals surface area contributed by atoms with E-state index >= 15 is 0 Å². The normalized spacial score (nSPS) is 13.6. The van der Waals surface area contributed by atoms with Crippen molar-refractivity contribution in [3.63, 3.8) is 0 Å². The molecule has 0 heterocycles. The molecule has 0 bridgehead atoms. The highest BCUT2D eigenvalue weighted by atomic mass is 16.5. The average molecular weight is 925 g/mol. The molecule has 0 aromatic rings. The fourth-order valence-corrected chi connectivity index (χ4v) is 8.49. The molecule has 0 spiro atoms. The third-order valence-electron chi connectivity index (χ3n) is 12.8. The van der Waals surface area contributed by atoms with Gasteiger partial charge < -0.3 is 20.3 Å². The van der Waals surface area contributed by atoms with Gasteiger partial charge in [-0.3, -0.25) is 9.59 Å². The number of unbranched alkanes of at least 4 members (excludes halogenated alkanes) is 30. The molecule has 0 aliphatic rings. The number of aliphatic hydroxyl groups is 2. The molecule has 0 saturated heterocycles. The number of carbonyl (C=O) groups excluding carboxylic acids is 2. The van der Waals surface area contributed by atoms with Gasteiger partial charge >= 0.3 is 5.97 Å². The predicted octanol–water partition coefficient (Wildman–Crippen LogP) is 17.6. The highest BCUT2D eigenvalue weighted by Crippen LogP contribution is 2.18. The molecular weight excluding hydrogens is 815 g/mol. The second-order valence-corrected chi connectivity index (χ2v) is 19.4. The van der Waals surface area contributed by atoms with E-state index in [1.54, 1.807) is 0 Å². The zero-order valence-electron chi connectivity index (χ0n) is 43.8. The van der Waals surface area contributed by atoms with E-state index in [4.69, 9.17) is 4.74 Å². The first-order chi connectivity index (χ1) is 32.5. The van der Waals surface area contributed by atoms with Gasteiger partial charge in [0.05, 0.1) is 25.2 Å². The molecule has 0 aromatic carbocycles. The minimum Gasteiger partial charge on any atom is -0.462 e. The van der Waals surface area contributed by atoms with Crippen molar-refractivity contribution in [2.75, 3.05) is 6.61 Å². The van der Waals surface area contributed by atoms with Crippen LogP contribution in [0.1, 0.15) is 284 Å². The van der Waals surface area contributed by atoms with Crippen molar-refractivity contribution in [3.8, 4) is 0 Å². The molecule has 0 aliphatic heterocycles. The molecule has 66 heavy (non-hydrogen) atoms. The van der Waals surface area contributed by atoms with E-state index in [1.165, 1.54) is 141 Å². The van der Waals surface area contributed by atoms with Crippen molar-refractivity contribution < 1.29 is 24.5 Å². The Balaban J connectivity index is 4.66. The maximum Gasteiger partial charge on any atom is 0.306 e. The smallest absolute Gasteiger partial charge is 0.306 e. The van der Waals surface area contributed by atoms with E-state index in [1.807, 2.05) is 0 Å². The predicted molar refractivity (Wildman–Crippen MR) is 287 cm³/mol. The number of nitrogens with one attached hydrogen (secondary N) is 1. The summed E-state index contributed by atoms with van der Waals surface area (Å²) in [5.41, 5.74) is 0. The third-order valence-corrected chi connectivity index (χ3v) is 12.8. The van der Waals surface area contributed by atoms with Crippen molar-refractivity contribution >= 4 is 11.9 Å². The number of hydrogen-bond donors (Lipinski definition) is 3. The number of ether oxygens (including phenoxy) is 1. The van der Waals surface area contributed by atoms with Gasteiger partial charge in [-0.2, -0.15) is 0 Å². The highest BCUT2D eigenvalue weighted by molar-refractivity contribution is 5.77. The fraction of sp³-hybridized carbons (Fsp3) is 0.800. The van der Waals surface area contributed by atoms with Crippen LogP contribution in [0, 0.1) is 0 Å². The summed E-state index contributed by atoms with van der Waals surface area (Å²) in [6.07, 6.45) is 67.1. The van der Waals surface area contributed by atoms with Gasteiger partial charge in [-0.1, -0.05) is 242 Å². The molecule has 0 aromatic heterocycles. The first-order valence-corrected chi connectivity index (χ1v) is 28.5. The van der Waals surface area contributed by atoms with Crippen LogP contribution in [-0.4, -0.2) is 46.9 Å². The Kier molecular flexibility index (Phi) is 51.5. The molecule has 6 nitrogen and oxygen atoms in total. The minimum absolute atomic E-state index is 0.0516. The van der Waals surface area contributed by atoms with Crippen LogP contribution in [0.4, 0.5) is 0 Å². The monoisotopic (exact) mass is 924 g/mol. The lowest BCUT2D eigenvalue weighted by molar-refractivity contribution is -0.151. The van der Waals surface area contributed by atoms with Crippen LogP contribution in [0.2, 0.25) is 0 Å². The molecule has 3 N–H and O–H groups in total. The number of amides is 1. The van der Waals surface area contributed by atoms with Gasteiger partial charge in [-0.25, -0.2) is 0 Å². The van der Waals surface area contributed by atoms with Crippen molar-refractivity contribution in [1.82, 2.24) is 5.32 Å². The summed E-state index contributed by atoms with van der Waals surface area (Å²) in [4.78, 5) is 26.2. The van der Waals surface area contributed by atoms with Crippen LogP contribution in [0.3, 0.4) is 0 Å². The second-order valence-electron chi connectivity index (χ2n) is 19.4. The number of esters is 1. The Bertz CT molecular complexity index is 1170. The molecule has 3 unspecified atom stereocenters. The Morgan fingerprint density at radius 3 is 1.29 bits per heavy atom. The Labute approximate surface area is 409 Å². The first kappa shape index (κ1) is 63.6. The molecule has 6 heteroatoms. The molecule has 0 saturated carbocycles. The highest BCUT2D eigenvalue weighted by Gasteiger charge is 2.24. The standard InChI is InChI=1S/C60H109NO5/c1-4-7-10-13-16-19-22-25-28-30-31-33-36-39-42-45-48-51-56(66-60(65)53-50-47-44-41-38-35-32-29-26-23-20-17-14-11-8-5-2)54-59(64)61-57(55-62)58(63)52-49-46-43-40-37-34-27-24-21-18-15-12-9-6-3/h16,19,25,28-29,31-33,35,38,56-58,62-63H,4-15,17-18,20-24,26-27,30,34,36-37,39-55H2,1-3H3,(H,61,64)/b19-16-,28-25-,32-29+,33-31-,38-35+. The summed E-state index contributed by atoms with van der Waals surface area (Å²) in [7, 11) is 0. The molecule has 1 amide bonds. The van der Waals surface area contributed by atoms with Gasteiger partial charge in [0, 0.05) is 6.42 Å².